The zero-order valence-corrected chi connectivity index (χ0v) is 18.7. The zero-order valence-electron chi connectivity index (χ0n) is 18.7. The molecule has 0 aliphatic carbocycles. The van der Waals surface area contributed by atoms with Crippen LogP contribution in [0.1, 0.15) is 30.4 Å². The molecule has 6 nitrogen and oxygen atoms in total. The Morgan fingerprint density at radius 2 is 1.94 bits per heavy atom. The van der Waals surface area contributed by atoms with Gasteiger partial charge in [-0.2, -0.15) is 13.2 Å². The quantitative estimate of drug-likeness (QED) is 0.629. The summed E-state index contributed by atoms with van der Waals surface area (Å²) in [6, 6.07) is 8.95. The second-order valence-corrected chi connectivity index (χ2v) is 8.87. The molecule has 2 aromatic carbocycles. The van der Waals surface area contributed by atoms with E-state index in [2.05, 4.69) is 10.2 Å². The summed E-state index contributed by atoms with van der Waals surface area (Å²) < 4.78 is 57.4. The summed E-state index contributed by atoms with van der Waals surface area (Å²) in [5.41, 5.74) is 1.08. The Hall–Kier alpha value is -3.20. The topological polar surface area (TPSA) is 60.0 Å². The number of ether oxygens (including phenoxy) is 3. The number of nitrogens with one attached hydrogen (secondary N) is 1. The minimum atomic E-state index is -4.49. The van der Waals surface area contributed by atoms with Crippen LogP contribution in [-0.4, -0.2) is 44.9 Å². The number of fused-ring (bicyclic) bond motifs is 2. The van der Waals surface area contributed by atoms with Crippen LogP contribution in [0.25, 0.3) is 5.57 Å². The van der Waals surface area contributed by atoms with E-state index < -0.39 is 17.3 Å². The van der Waals surface area contributed by atoms with Gasteiger partial charge in [0.25, 0.3) is 0 Å². The number of alkyl halides is 3. The average Bonchev–Trinajstić information content (AvgIpc) is 2.79. The number of rotatable bonds is 2. The molecular formula is C25H25F3N2O4. The monoisotopic (exact) mass is 474 g/mol. The van der Waals surface area contributed by atoms with Crippen LogP contribution < -0.4 is 19.7 Å². The van der Waals surface area contributed by atoms with Crippen molar-refractivity contribution < 1.29 is 32.2 Å². The molecule has 34 heavy (non-hydrogen) atoms. The number of amides is 1. The van der Waals surface area contributed by atoms with Crippen molar-refractivity contribution in [2.75, 3.05) is 43.6 Å². The van der Waals surface area contributed by atoms with E-state index in [0.717, 1.165) is 24.4 Å². The van der Waals surface area contributed by atoms with E-state index in [0.29, 0.717) is 61.7 Å². The molecule has 0 radical (unpaired) electrons. The molecule has 2 aromatic rings. The highest BCUT2D eigenvalue weighted by atomic mass is 19.4. The number of anilines is 2. The SMILES string of the molecule is CN1CCOc2c(NC(=O)/C=C3\CC4(CCOCC4)Oc4cc(C(F)(F)F)ccc43)cccc21. The third-order valence-corrected chi connectivity index (χ3v) is 6.54. The van der Waals surface area contributed by atoms with Crippen molar-refractivity contribution in [1.29, 1.82) is 0 Å². The summed E-state index contributed by atoms with van der Waals surface area (Å²) in [7, 11) is 1.95. The standard InChI is InChI=1S/C25H25F3N2O4/c1-30-9-12-33-23-19(3-2-4-20(23)30)29-22(31)13-16-15-24(7-10-32-11-8-24)34-21-14-17(25(26,27)28)5-6-18(16)21/h2-6,13-14H,7-12,15H2,1H3,(H,29,31)/b16-13+. The maximum Gasteiger partial charge on any atom is 0.416 e. The first-order valence-electron chi connectivity index (χ1n) is 11.2. The Kier molecular flexibility index (Phi) is 5.67. The van der Waals surface area contributed by atoms with Gasteiger partial charge in [-0.3, -0.25) is 4.79 Å². The van der Waals surface area contributed by atoms with Gasteiger partial charge < -0.3 is 24.4 Å². The highest BCUT2D eigenvalue weighted by Crippen LogP contribution is 2.46. The molecule has 1 spiro atoms. The first-order chi connectivity index (χ1) is 16.2. The lowest BCUT2D eigenvalue weighted by Gasteiger charge is -2.42. The Bertz CT molecular complexity index is 1140. The maximum absolute atomic E-state index is 13.3. The molecule has 0 atom stereocenters. The third-order valence-electron chi connectivity index (χ3n) is 6.54. The van der Waals surface area contributed by atoms with Crippen molar-refractivity contribution in [3.05, 3.63) is 53.6 Å². The predicted molar refractivity (Wildman–Crippen MR) is 121 cm³/mol. The number of carbonyl (C=O) groups is 1. The molecule has 1 N–H and O–H groups in total. The predicted octanol–water partition coefficient (Wildman–Crippen LogP) is 4.89. The molecule has 9 heteroatoms. The Morgan fingerprint density at radius 3 is 2.71 bits per heavy atom. The van der Waals surface area contributed by atoms with E-state index in [1.54, 1.807) is 6.07 Å². The number of hydrogen-bond donors (Lipinski definition) is 1. The van der Waals surface area contributed by atoms with Crippen LogP contribution in [0.5, 0.6) is 11.5 Å². The molecule has 0 aromatic heterocycles. The number of halogens is 3. The van der Waals surface area contributed by atoms with Gasteiger partial charge in [0.1, 0.15) is 18.0 Å². The summed E-state index contributed by atoms with van der Waals surface area (Å²) in [5, 5.41) is 2.88. The lowest BCUT2D eigenvalue weighted by atomic mass is 9.81. The van der Waals surface area contributed by atoms with Crippen molar-refractivity contribution in [2.24, 2.45) is 0 Å². The summed E-state index contributed by atoms with van der Waals surface area (Å²) in [6.07, 6.45) is -1.55. The lowest BCUT2D eigenvalue weighted by Crippen LogP contribution is -2.44. The Labute approximate surface area is 195 Å². The van der Waals surface area contributed by atoms with Crippen molar-refractivity contribution in [1.82, 2.24) is 0 Å². The molecule has 1 amide bonds. The maximum atomic E-state index is 13.3. The van der Waals surface area contributed by atoms with Gasteiger partial charge in [0, 0.05) is 37.9 Å². The molecule has 3 aliphatic heterocycles. The van der Waals surface area contributed by atoms with Gasteiger partial charge in [0.2, 0.25) is 5.91 Å². The number of para-hydroxylation sites is 1. The Morgan fingerprint density at radius 1 is 1.15 bits per heavy atom. The van der Waals surface area contributed by atoms with E-state index >= 15 is 0 Å². The minimum absolute atomic E-state index is 0.143. The van der Waals surface area contributed by atoms with E-state index in [9.17, 15) is 18.0 Å². The molecule has 1 fully saturated rings. The summed E-state index contributed by atoms with van der Waals surface area (Å²) in [4.78, 5) is 15.1. The van der Waals surface area contributed by atoms with Crippen LogP contribution >= 0.6 is 0 Å². The van der Waals surface area contributed by atoms with Crippen LogP contribution in [0, 0.1) is 0 Å². The average molecular weight is 474 g/mol. The van der Waals surface area contributed by atoms with Gasteiger partial charge in [-0.25, -0.2) is 0 Å². The number of carbonyl (C=O) groups excluding carboxylic acids is 1. The molecule has 0 bridgehead atoms. The van der Waals surface area contributed by atoms with Crippen LogP contribution in [0.2, 0.25) is 0 Å². The second kappa shape index (κ2) is 8.54. The summed E-state index contributed by atoms with van der Waals surface area (Å²) in [5.74, 6) is 0.366. The number of benzene rings is 2. The normalized spacial score (nSPS) is 20.2. The molecule has 0 saturated carbocycles. The molecule has 3 heterocycles. The smallest absolute Gasteiger partial charge is 0.416 e. The van der Waals surface area contributed by atoms with Gasteiger partial charge in [0.05, 0.1) is 36.7 Å². The fourth-order valence-corrected chi connectivity index (χ4v) is 4.72. The van der Waals surface area contributed by atoms with Crippen molar-refractivity contribution in [3.63, 3.8) is 0 Å². The van der Waals surface area contributed by atoms with Gasteiger partial charge in [-0.05, 0) is 29.8 Å². The molecule has 180 valence electrons. The van der Waals surface area contributed by atoms with E-state index in [1.807, 2.05) is 19.2 Å². The Balaban J connectivity index is 1.48. The van der Waals surface area contributed by atoms with Crippen molar-refractivity contribution in [3.8, 4) is 11.5 Å². The first-order valence-corrected chi connectivity index (χ1v) is 11.2. The zero-order chi connectivity index (χ0) is 23.9. The highest BCUT2D eigenvalue weighted by Gasteiger charge is 2.41. The second-order valence-electron chi connectivity index (χ2n) is 8.87. The number of hydrogen-bond acceptors (Lipinski definition) is 5. The summed E-state index contributed by atoms with van der Waals surface area (Å²) in [6.45, 7) is 2.16. The molecule has 0 unspecified atom stereocenters. The fourth-order valence-electron chi connectivity index (χ4n) is 4.72. The van der Waals surface area contributed by atoms with Gasteiger partial charge in [-0.15, -0.1) is 0 Å². The number of likely N-dealkylation sites (N-methyl/N-ethyl adjacent to an activating group) is 1. The number of nitrogens with zero attached hydrogens (tertiary/aromatic N) is 1. The largest absolute Gasteiger partial charge is 0.487 e. The van der Waals surface area contributed by atoms with Crippen LogP contribution in [0.15, 0.2) is 42.5 Å². The highest BCUT2D eigenvalue weighted by molar-refractivity contribution is 6.05. The van der Waals surface area contributed by atoms with Crippen LogP contribution in [-0.2, 0) is 15.7 Å². The molecular weight excluding hydrogens is 449 g/mol. The van der Waals surface area contributed by atoms with Crippen LogP contribution in [0.3, 0.4) is 0 Å². The molecule has 3 aliphatic rings. The molecule has 5 rings (SSSR count). The first kappa shape index (κ1) is 22.6. The van der Waals surface area contributed by atoms with E-state index in [4.69, 9.17) is 14.2 Å². The van der Waals surface area contributed by atoms with E-state index in [-0.39, 0.29) is 11.7 Å². The fraction of sp³-hybridized carbons (Fsp3) is 0.400. The lowest BCUT2D eigenvalue weighted by molar-refractivity contribution is -0.138. The van der Waals surface area contributed by atoms with Gasteiger partial charge in [-0.1, -0.05) is 12.1 Å². The van der Waals surface area contributed by atoms with Crippen LogP contribution in [0.4, 0.5) is 24.5 Å². The summed E-state index contributed by atoms with van der Waals surface area (Å²) >= 11 is 0. The van der Waals surface area contributed by atoms with Gasteiger partial charge in [0.15, 0.2) is 5.75 Å². The third kappa shape index (κ3) is 4.32. The minimum Gasteiger partial charge on any atom is -0.487 e. The van der Waals surface area contributed by atoms with Crippen molar-refractivity contribution >= 4 is 22.9 Å². The van der Waals surface area contributed by atoms with Gasteiger partial charge >= 0.3 is 6.18 Å². The van der Waals surface area contributed by atoms with Crippen molar-refractivity contribution in [2.45, 2.75) is 31.0 Å². The molecule has 1 saturated heterocycles. The van der Waals surface area contributed by atoms with E-state index in [1.165, 1.54) is 12.1 Å².